The zero-order chi connectivity index (χ0) is 12.5. The van der Waals surface area contributed by atoms with Gasteiger partial charge in [0.1, 0.15) is 11.3 Å². The van der Waals surface area contributed by atoms with Gasteiger partial charge in [0.05, 0.1) is 4.88 Å². The lowest BCUT2D eigenvalue weighted by Gasteiger charge is -2.01. The molecule has 0 fully saturated rings. The summed E-state index contributed by atoms with van der Waals surface area (Å²) in [5, 5.41) is 6.59. The first-order valence-electron chi connectivity index (χ1n) is 5.94. The van der Waals surface area contributed by atoms with Crippen LogP contribution in [-0.2, 0) is 6.42 Å². The van der Waals surface area contributed by atoms with Gasteiger partial charge in [-0.05, 0) is 17.9 Å². The molecule has 3 heterocycles. The fourth-order valence-corrected chi connectivity index (χ4v) is 2.72. The average molecular weight is 259 g/mol. The number of aromatic nitrogens is 3. The van der Waals surface area contributed by atoms with E-state index in [1.54, 1.807) is 17.4 Å². The second-order valence-electron chi connectivity index (χ2n) is 4.18. The zero-order valence-corrected chi connectivity index (χ0v) is 10.8. The minimum Gasteiger partial charge on any atom is -0.307 e. The van der Waals surface area contributed by atoms with E-state index in [2.05, 4.69) is 17.0 Å². The summed E-state index contributed by atoms with van der Waals surface area (Å²) in [6, 6.07) is 7.58. The smallest absolute Gasteiger partial charge is 0.251 e. The molecule has 0 aliphatic heterocycles. The monoisotopic (exact) mass is 259 g/mol. The number of rotatable bonds is 3. The highest BCUT2D eigenvalue weighted by atomic mass is 32.1. The number of aromatic amines is 1. The molecule has 18 heavy (non-hydrogen) atoms. The van der Waals surface area contributed by atoms with Crippen LogP contribution in [0.1, 0.15) is 19.0 Å². The van der Waals surface area contributed by atoms with Crippen molar-refractivity contribution in [3.05, 3.63) is 45.7 Å². The molecule has 0 radical (unpaired) electrons. The summed E-state index contributed by atoms with van der Waals surface area (Å²) in [6.45, 7) is 2.09. The molecule has 3 aromatic rings. The molecule has 0 saturated carbocycles. The van der Waals surface area contributed by atoms with Crippen molar-refractivity contribution in [2.75, 3.05) is 0 Å². The molecule has 0 atom stereocenters. The van der Waals surface area contributed by atoms with Crippen molar-refractivity contribution in [1.82, 2.24) is 14.6 Å². The maximum absolute atomic E-state index is 11.6. The van der Waals surface area contributed by atoms with Gasteiger partial charge in [-0.3, -0.25) is 4.79 Å². The van der Waals surface area contributed by atoms with Gasteiger partial charge in [-0.15, -0.1) is 11.3 Å². The molecule has 92 valence electrons. The number of nitrogens with zero attached hydrogens (tertiary/aromatic N) is 2. The molecular weight excluding hydrogens is 246 g/mol. The topological polar surface area (TPSA) is 50.2 Å². The Kier molecular flexibility index (Phi) is 2.76. The summed E-state index contributed by atoms with van der Waals surface area (Å²) in [6.07, 6.45) is 1.85. The Balaban J connectivity index is 2.22. The van der Waals surface area contributed by atoms with Gasteiger partial charge in [0.2, 0.25) is 0 Å². The summed E-state index contributed by atoms with van der Waals surface area (Å²) >= 11 is 1.65. The van der Waals surface area contributed by atoms with E-state index in [0.717, 1.165) is 34.8 Å². The Labute approximate surface area is 108 Å². The van der Waals surface area contributed by atoms with Crippen LogP contribution < -0.4 is 5.56 Å². The van der Waals surface area contributed by atoms with Crippen molar-refractivity contribution in [3.63, 3.8) is 0 Å². The molecule has 4 nitrogen and oxygen atoms in total. The van der Waals surface area contributed by atoms with Crippen LogP contribution in [-0.4, -0.2) is 14.6 Å². The molecule has 0 saturated heterocycles. The molecule has 3 aromatic heterocycles. The van der Waals surface area contributed by atoms with Gasteiger partial charge in [-0.25, -0.2) is 4.52 Å². The van der Waals surface area contributed by atoms with Crippen LogP contribution in [0.15, 0.2) is 34.4 Å². The lowest BCUT2D eigenvalue weighted by atomic mass is 10.2. The highest BCUT2D eigenvalue weighted by Gasteiger charge is 2.09. The second-order valence-corrected chi connectivity index (χ2v) is 5.13. The molecule has 0 aromatic carbocycles. The third kappa shape index (κ3) is 1.86. The van der Waals surface area contributed by atoms with Crippen molar-refractivity contribution >= 4 is 17.0 Å². The Bertz CT molecular complexity index is 724. The first-order valence-corrected chi connectivity index (χ1v) is 6.82. The first-order chi connectivity index (χ1) is 8.78. The van der Waals surface area contributed by atoms with Crippen LogP contribution in [0.25, 0.3) is 16.2 Å². The number of hydrogen-bond donors (Lipinski definition) is 1. The number of H-pyrrole nitrogens is 1. The highest BCUT2D eigenvalue weighted by molar-refractivity contribution is 7.13. The van der Waals surface area contributed by atoms with Crippen molar-refractivity contribution in [1.29, 1.82) is 0 Å². The third-order valence-corrected chi connectivity index (χ3v) is 3.70. The zero-order valence-electron chi connectivity index (χ0n) is 10.0. The van der Waals surface area contributed by atoms with Gasteiger partial charge in [0.15, 0.2) is 0 Å². The number of nitrogens with one attached hydrogen (secondary N) is 1. The molecule has 5 heteroatoms. The number of thiophene rings is 1. The molecule has 0 aliphatic carbocycles. The molecule has 0 unspecified atom stereocenters. The fraction of sp³-hybridized carbons (Fsp3) is 0.231. The lowest BCUT2D eigenvalue weighted by Crippen LogP contribution is -2.11. The van der Waals surface area contributed by atoms with Crippen LogP contribution in [0, 0.1) is 0 Å². The van der Waals surface area contributed by atoms with Gasteiger partial charge < -0.3 is 4.98 Å². The molecule has 0 aliphatic rings. The normalized spacial score (nSPS) is 11.2. The Hall–Kier alpha value is -1.88. The Morgan fingerprint density at radius 3 is 3.06 bits per heavy atom. The minimum atomic E-state index is -0.0661. The molecule has 0 bridgehead atoms. The van der Waals surface area contributed by atoms with E-state index in [9.17, 15) is 4.79 Å². The van der Waals surface area contributed by atoms with Crippen LogP contribution in [0.2, 0.25) is 0 Å². The van der Waals surface area contributed by atoms with E-state index in [0.29, 0.717) is 0 Å². The SMILES string of the molecule is CCCc1cc(=O)[nH]c2cc(-c3cccs3)nn12. The highest BCUT2D eigenvalue weighted by Crippen LogP contribution is 2.24. The van der Waals surface area contributed by atoms with E-state index >= 15 is 0 Å². The number of fused-ring (bicyclic) bond motifs is 1. The van der Waals surface area contributed by atoms with Crippen LogP contribution in [0.5, 0.6) is 0 Å². The van der Waals surface area contributed by atoms with Crippen molar-refractivity contribution < 1.29 is 0 Å². The van der Waals surface area contributed by atoms with Gasteiger partial charge in [0, 0.05) is 17.8 Å². The van der Waals surface area contributed by atoms with Crippen molar-refractivity contribution in [2.45, 2.75) is 19.8 Å². The maximum atomic E-state index is 11.6. The molecule has 0 amide bonds. The molecule has 3 rings (SSSR count). The number of aryl methyl sites for hydroxylation is 1. The average Bonchev–Trinajstić information content (AvgIpc) is 2.96. The van der Waals surface area contributed by atoms with Gasteiger partial charge >= 0.3 is 0 Å². The Morgan fingerprint density at radius 2 is 2.33 bits per heavy atom. The van der Waals surface area contributed by atoms with Crippen molar-refractivity contribution in [3.8, 4) is 10.6 Å². The van der Waals surface area contributed by atoms with Crippen LogP contribution >= 0.6 is 11.3 Å². The summed E-state index contributed by atoms with van der Waals surface area (Å²) in [4.78, 5) is 15.5. The van der Waals surface area contributed by atoms with Gasteiger partial charge in [0.25, 0.3) is 5.56 Å². The van der Waals surface area contributed by atoms with Crippen LogP contribution in [0.4, 0.5) is 0 Å². The standard InChI is InChI=1S/C13H13N3OS/c1-2-4-9-7-13(17)14-12-8-10(15-16(9)12)11-5-3-6-18-11/h3,5-8H,2,4H2,1H3,(H,14,17). The second kappa shape index (κ2) is 4.42. The first kappa shape index (κ1) is 11.2. The molecule has 1 N–H and O–H groups in total. The summed E-state index contributed by atoms with van der Waals surface area (Å²) in [5.74, 6) is 0. The predicted octanol–water partition coefficient (Wildman–Crippen LogP) is 2.70. The quantitative estimate of drug-likeness (QED) is 0.786. The van der Waals surface area contributed by atoms with E-state index in [-0.39, 0.29) is 5.56 Å². The van der Waals surface area contributed by atoms with Crippen molar-refractivity contribution in [2.24, 2.45) is 0 Å². The molecular formula is C13H13N3OS. The van der Waals surface area contributed by atoms with Gasteiger partial charge in [-0.1, -0.05) is 19.4 Å². The largest absolute Gasteiger partial charge is 0.307 e. The van der Waals surface area contributed by atoms with E-state index in [1.807, 2.05) is 28.1 Å². The summed E-state index contributed by atoms with van der Waals surface area (Å²) < 4.78 is 1.83. The fourth-order valence-electron chi connectivity index (χ4n) is 2.04. The summed E-state index contributed by atoms with van der Waals surface area (Å²) in [5.41, 5.74) is 2.56. The third-order valence-electron chi connectivity index (χ3n) is 2.81. The number of hydrogen-bond acceptors (Lipinski definition) is 3. The Morgan fingerprint density at radius 1 is 1.44 bits per heavy atom. The summed E-state index contributed by atoms with van der Waals surface area (Å²) in [7, 11) is 0. The predicted molar refractivity (Wildman–Crippen MR) is 73.1 cm³/mol. The maximum Gasteiger partial charge on any atom is 0.251 e. The van der Waals surface area contributed by atoms with E-state index in [4.69, 9.17) is 0 Å². The van der Waals surface area contributed by atoms with Crippen LogP contribution in [0.3, 0.4) is 0 Å². The minimum absolute atomic E-state index is 0.0661. The molecule has 0 spiro atoms. The van der Waals surface area contributed by atoms with E-state index < -0.39 is 0 Å². The lowest BCUT2D eigenvalue weighted by molar-refractivity contribution is 0.794. The van der Waals surface area contributed by atoms with E-state index in [1.165, 1.54) is 0 Å². The van der Waals surface area contributed by atoms with Gasteiger partial charge in [-0.2, -0.15) is 5.10 Å².